The molecule has 3 heteroatoms. The van der Waals surface area contributed by atoms with E-state index in [4.69, 9.17) is 5.11 Å². The third-order valence-corrected chi connectivity index (χ3v) is 2.23. The molecule has 1 unspecified atom stereocenters. The van der Waals surface area contributed by atoms with Crippen LogP contribution in [0.5, 0.6) is 0 Å². The number of hydrogen-bond acceptors (Lipinski definition) is 2. The first-order valence-corrected chi connectivity index (χ1v) is 4.87. The lowest BCUT2D eigenvalue weighted by Crippen LogP contribution is -2.07. The van der Waals surface area contributed by atoms with Crippen molar-refractivity contribution in [3.8, 4) is 0 Å². The first kappa shape index (κ1) is 11.4. The second-order valence-corrected chi connectivity index (χ2v) is 3.66. The molecule has 0 saturated carbocycles. The fraction of sp³-hybridized carbons (Fsp3) is 0.333. The van der Waals surface area contributed by atoms with Crippen molar-refractivity contribution >= 4 is 12.3 Å². The molecule has 15 heavy (non-hydrogen) atoms. The van der Waals surface area contributed by atoms with Crippen molar-refractivity contribution < 1.29 is 14.7 Å². The summed E-state index contributed by atoms with van der Waals surface area (Å²) in [5, 5.41) is 8.71. The fourth-order valence-corrected chi connectivity index (χ4v) is 1.49. The molecular weight excluding hydrogens is 192 g/mol. The Bertz CT molecular complexity index is 358. The van der Waals surface area contributed by atoms with E-state index < -0.39 is 5.97 Å². The van der Waals surface area contributed by atoms with Crippen molar-refractivity contribution in [2.24, 2.45) is 5.92 Å². The van der Waals surface area contributed by atoms with E-state index in [-0.39, 0.29) is 12.3 Å². The molecule has 0 fully saturated rings. The van der Waals surface area contributed by atoms with Crippen LogP contribution in [0.15, 0.2) is 24.3 Å². The Kier molecular flexibility index (Phi) is 4.03. The number of carboxylic acids is 1. The van der Waals surface area contributed by atoms with Crippen LogP contribution in [0.1, 0.15) is 18.1 Å². The van der Waals surface area contributed by atoms with E-state index in [2.05, 4.69) is 0 Å². The first-order chi connectivity index (χ1) is 7.13. The van der Waals surface area contributed by atoms with Crippen LogP contribution >= 0.6 is 0 Å². The Morgan fingerprint density at radius 2 is 2.00 bits per heavy atom. The third kappa shape index (κ3) is 3.54. The molecule has 0 spiro atoms. The Hall–Kier alpha value is -1.64. The zero-order valence-corrected chi connectivity index (χ0v) is 8.64. The maximum atomic E-state index is 10.6. The van der Waals surface area contributed by atoms with Crippen molar-refractivity contribution in [3.63, 3.8) is 0 Å². The number of aldehydes is 1. The number of benzene rings is 1. The van der Waals surface area contributed by atoms with Gasteiger partial charge in [0, 0.05) is 5.92 Å². The molecule has 0 aliphatic carbocycles. The number of aliphatic carboxylic acids is 1. The summed E-state index contributed by atoms with van der Waals surface area (Å²) in [6.07, 6.45) is 1.51. The van der Waals surface area contributed by atoms with E-state index in [0.717, 1.165) is 17.4 Å². The molecule has 3 nitrogen and oxygen atoms in total. The van der Waals surface area contributed by atoms with Gasteiger partial charge in [0.25, 0.3) is 0 Å². The van der Waals surface area contributed by atoms with Crippen LogP contribution in [0.25, 0.3) is 0 Å². The molecule has 0 heterocycles. The summed E-state index contributed by atoms with van der Waals surface area (Å²) >= 11 is 0. The lowest BCUT2D eigenvalue weighted by Gasteiger charge is -2.08. The number of hydrogen-bond donors (Lipinski definition) is 1. The topological polar surface area (TPSA) is 54.4 Å². The second kappa shape index (κ2) is 5.29. The number of rotatable bonds is 5. The maximum Gasteiger partial charge on any atom is 0.307 e. The summed E-state index contributed by atoms with van der Waals surface area (Å²) in [7, 11) is 0. The summed E-state index contributed by atoms with van der Waals surface area (Å²) in [4.78, 5) is 21.1. The highest BCUT2D eigenvalue weighted by atomic mass is 16.4. The highest BCUT2D eigenvalue weighted by molar-refractivity contribution is 5.70. The summed E-state index contributed by atoms with van der Waals surface area (Å²) in [6.45, 7) is 1.82. The number of carbonyl (C=O) groups is 2. The predicted octanol–water partition coefficient (Wildman–Crippen LogP) is 1.69. The van der Waals surface area contributed by atoms with Gasteiger partial charge in [-0.05, 0) is 17.5 Å². The molecule has 1 atom stereocenters. The average Bonchev–Trinajstić information content (AvgIpc) is 2.20. The molecular formula is C12H14O3. The van der Waals surface area contributed by atoms with Gasteiger partial charge in [0.05, 0.1) is 6.42 Å². The van der Waals surface area contributed by atoms with Gasteiger partial charge in [-0.1, -0.05) is 31.2 Å². The van der Waals surface area contributed by atoms with Gasteiger partial charge in [-0.15, -0.1) is 0 Å². The van der Waals surface area contributed by atoms with Crippen molar-refractivity contribution in [2.45, 2.75) is 19.8 Å². The Morgan fingerprint density at radius 1 is 1.40 bits per heavy atom. The summed E-state index contributed by atoms with van der Waals surface area (Å²) < 4.78 is 0. The van der Waals surface area contributed by atoms with Crippen LogP contribution in [-0.4, -0.2) is 17.4 Å². The van der Waals surface area contributed by atoms with Gasteiger partial charge in [-0.2, -0.15) is 0 Å². The van der Waals surface area contributed by atoms with Crippen LogP contribution in [-0.2, 0) is 22.4 Å². The van der Waals surface area contributed by atoms with Crippen molar-refractivity contribution in [1.82, 2.24) is 0 Å². The van der Waals surface area contributed by atoms with E-state index in [1.54, 1.807) is 6.07 Å². The van der Waals surface area contributed by atoms with Crippen molar-refractivity contribution in [3.05, 3.63) is 35.4 Å². The van der Waals surface area contributed by atoms with Crippen LogP contribution in [0.4, 0.5) is 0 Å². The summed E-state index contributed by atoms with van der Waals surface area (Å²) in [6, 6.07) is 7.34. The second-order valence-electron chi connectivity index (χ2n) is 3.66. The molecule has 0 aliphatic rings. The molecule has 1 N–H and O–H groups in total. The number of carbonyl (C=O) groups excluding carboxylic acids is 1. The smallest absolute Gasteiger partial charge is 0.307 e. The Morgan fingerprint density at radius 3 is 2.53 bits per heavy atom. The lowest BCUT2D eigenvalue weighted by molar-refractivity contribution is -0.136. The van der Waals surface area contributed by atoms with E-state index >= 15 is 0 Å². The SMILES string of the molecule is CC(C=O)Cc1ccccc1CC(=O)O. The molecule has 0 aliphatic heterocycles. The molecule has 0 radical (unpaired) electrons. The van der Waals surface area contributed by atoms with Gasteiger partial charge in [0.15, 0.2) is 0 Å². The van der Waals surface area contributed by atoms with Gasteiger partial charge in [0.2, 0.25) is 0 Å². The van der Waals surface area contributed by atoms with E-state index in [1.807, 2.05) is 25.1 Å². The van der Waals surface area contributed by atoms with Crippen LogP contribution in [0.2, 0.25) is 0 Å². The molecule has 1 aromatic carbocycles. The highest BCUT2D eigenvalue weighted by Crippen LogP contribution is 2.13. The van der Waals surface area contributed by atoms with E-state index in [1.165, 1.54) is 0 Å². The predicted molar refractivity (Wildman–Crippen MR) is 56.7 cm³/mol. The standard InChI is InChI=1S/C12H14O3/c1-9(8-13)6-10-4-2-3-5-11(10)7-12(14)15/h2-5,8-9H,6-7H2,1H3,(H,14,15). The van der Waals surface area contributed by atoms with E-state index in [9.17, 15) is 9.59 Å². The average molecular weight is 206 g/mol. The summed E-state index contributed by atoms with van der Waals surface area (Å²) in [5.41, 5.74) is 1.73. The fourth-order valence-electron chi connectivity index (χ4n) is 1.49. The molecule has 80 valence electrons. The van der Waals surface area contributed by atoms with Crippen LogP contribution in [0.3, 0.4) is 0 Å². The Labute approximate surface area is 88.7 Å². The minimum Gasteiger partial charge on any atom is -0.481 e. The quantitative estimate of drug-likeness (QED) is 0.746. The summed E-state index contributed by atoms with van der Waals surface area (Å²) in [5.74, 6) is -0.916. The van der Waals surface area contributed by atoms with Crippen molar-refractivity contribution in [2.75, 3.05) is 0 Å². The van der Waals surface area contributed by atoms with Gasteiger partial charge < -0.3 is 9.90 Å². The van der Waals surface area contributed by atoms with E-state index in [0.29, 0.717) is 6.42 Å². The molecule has 0 bridgehead atoms. The van der Waals surface area contributed by atoms with Gasteiger partial charge in [-0.25, -0.2) is 0 Å². The van der Waals surface area contributed by atoms with Crippen LogP contribution in [0, 0.1) is 5.92 Å². The lowest BCUT2D eigenvalue weighted by atomic mass is 9.96. The van der Waals surface area contributed by atoms with Crippen LogP contribution < -0.4 is 0 Å². The number of carboxylic acid groups (broad SMARTS) is 1. The minimum absolute atomic E-state index is 0.0156. The monoisotopic (exact) mass is 206 g/mol. The molecule has 0 amide bonds. The van der Waals surface area contributed by atoms with Gasteiger partial charge >= 0.3 is 5.97 Å². The molecule has 1 rings (SSSR count). The zero-order valence-electron chi connectivity index (χ0n) is 8.64. The zero-order chi connectivity index (χ0) is 11.3. The third-order valence-electron chi connectivity index (χ3n) is 2.23. The van der Waals surface area contributed by atoms with Gasteiger partial charge in [0.1, 0.15) is 6.29 Å². The Balaban J connectivity index is 2.85. The molecule has 1 aromatic rings. The largest absolute Gasteiger partial charge is 0.481 e. The molecule has 0 aromatic heterocycles. The van der Waals surface area contributed by atoms with Gasteiger partial charge in [-0.3, -0.25) is 4.79 Å². The minimum atomic E-state index is -0.846. The first-order valence-electron chi connectivity index (χ1n) is 4.87. The van der Waals surface area contributed by atoms with Crippen molar-refractivity contribution in [1.29, 1.82) is 0 Å². The highest BCUT2D eigenvalue weighted by Gasteiger charge is 2.08. The maximum absolute atomic E-state index is 10.6. The molecule has 0 saturated heterocycles. The normalized spacial score (nSPS) is 12.1.